The van der Waals surface area contributed by atoms with Gasteiger partial charge in [-0.25, -0.2) is 9.97 Å². The Bertz CT molecular complexity index is 1430. The molecule has 0 bridgehead atoms. The highest BCUT2D eigenvalue weighted by Crippen LogP contribution is 2.22. The fourth-order valence-electron chi connectivity index (χ4n) is 3.06. The molecule has 0 atom stereocenters. The Morgan fingerprint density at radius 2 is 2.00 bits per heavy atom. The molecule has 0 radical (unpaired) electrons. The van der Waals surface area contributed by atoms with Crippen molar-refractivity contribution in [2.45, 2.75) is 17.5 Å². The number of fused-ring (bicyclic) bond motifs is 2. The van der Waals surface area contributed by atoms with Crippen LogP contribution in [0.25, 0.3) is 15.9 Å². The van der Waals surface area contributed by atoms with Crippen LogP contribution in [0, 0.1) is 0 Å². The molecule has 5 rings (SSSR count). The van der Waals surface area contributed by atoms with Crippen molar-refractivity contribution in [3.63, 3.8) is 0 Å². The SMILES string of the molecule is O=c1c2ccccc2nc(SCc2cc(=O)n3ccsc3n2)n1Cc1ccco1. The molecule has 0 N–H and O–H groups in total. The van der Waals surface area contributed by atoms with E-state index in [9.17, 15) is 9.59 Å². The van der Waals surface area contributed by atoms with Gasteiger partial charge >= 0.3 is 0 Å². The van der Waals surface area contributed by atoms with E-state index in [2.05, 4.69) is 9.97 Å². The van der Waals surface area contributed by atoms with Crippen LogP contribution in [-0.4, -0.2) is 18.9 Å². The standard InChI is InChI=1S/C20H14N4O3S2/c25-17-10-13(21-19-23(17)7-9-28-19)12-29-20-22-16-6-2-1-5-15(16)18(26)24(20)11-14-4-3-8-27-14/h1-10H,11-12H2. The Kier molecular flexibility index (Phi) is 4.53. The van der Waals surface area contributed by atoms with Crippen LogP contribution < -0.4 is 11.1 Å². The number of hydrogen-bond acceptors (Lipinski definition) is 7. The monoisotopic (exact) mass is 422 g/mol. The zero-order valence-corrected chi connectivity index (χ0v) is 16.7. The molecule has 1 aromatic carbocycles. The molecular weight excluding hydrogens is 408 g/mol. The molecule has 0 saturated heterocycles. The van der Waals surface area contributed by atoms with Gasteiger partial charge in [0.05, 0.1) is 29.4 Å². The molecule has 0 unspecified atom stereocenters. The van der Waals surface area contributed by atoms with Crippen LogP contribution >= 0.6 is 23.1 Å². The normalized spacial score (nSPS) is 11.4. The zero-order chi connectivity index (χ0) is 19.8. The number of benzene rings is 1. The van der Waals surface area contributed by atoms with Crippen LogP contribution in [0.5, 0.6) is 0 Å². The van der Waals surface area contributed by atoms with Crippen LogP contribution in [-0.2, 0) is 12.3 Å². The lowest BCUT2D eigenvalue weighted by Gasteiger charge is -2.12. The van der Waals surface area contributed by atoms with Gasteiger partial charge in [0, 0.05) is 23.4 Å². The predicted molar refractivity (Wildman–Crippen MR) is 113 cm³/mol. The maximum absolute atomic E-state index is 13.1. The summed E-state index contributed by atoms with van der Waals surface area (Å²) < 4.78 is 8.54. The molecular formula is C20H14N4O3S2. The smallest absolute Gasteiger partial charge is 0.262 e. The van der Waals surface area contributed by atoms with Gasteiger partial charge in [-0.1, -0.05) is 23.9 Å². The maximum atomic E-state index is 13.1. The van der Waals surface area contributed by atoms with E-state index in [0.29, 0.717) is 38.2 Å². The molecule has 4 aromatic heterocycles. The summed E-state index contributed by atoms with van der Waals surface area (Å²) in [6, 6.07) is 12.4. The van der Waals surface area contributed by atoms with Crippen LogP contribution in [0.2, 0.25) is 0 Å². The second-order valence-corrected chi connectivity index (χ2v) is 8.13. The van der Waals surface area contributed by atoms with Gasteiger partial charge in [0.2, 0.25) is 0 Å². The van der Waals surface area contributed by atoms with Crippen molar-refractivity contribution in [2.75, 3.05) is 0 Å². The maximum Gasteiger partial charge on any atom is 0.262 e. The van der Waals surface area contributed by atoms with Gasteiger partial charge in [0.1, 0.15) is 5.76 Å². The average Bonchev–Trinajstić information content (AvgIpc) is 3.41. The number of nitrogens with zero attached hydrogens (tertiary/aromatic N) is 4. The number of hydrogen-bond donors (Lipinski definition) is 0. The van der Waals surface area contributed by atoms with E-state index in [0.717, 1.165) is 0 Å². The fraction of sp³-hybridized carbons (Fsp3) is 0.100. The van der Waals surface area contributed by atoms with Crippen LogP contribution in [0.1, 0.15) is 11.5 Å². The van der Waals surface area contributed by atoms with Crippen LogP contribution in [0.3, 0.4) is 0 Å². The molecule has 5 aromatic rings. The van der Waals surface area contributed by atoms with Crippen molar-refractivity contribution in [3.8, 4) is 0 Å². The molecule has 0 aliphatic rings. The highest BCUT2D eigenvalue weighted by Gasteiger charge is 2.14. The number of furan rings is 1. The van der Waals surface area contributed by atoms with Crippen molar-refractivity contribution < 1.29 is 4.42 Å². The van der Waals surface area contributed by atoms with E-state index in [1.165, 1.54) is 33.6 Å². The van der Waals surface area contributed by atoms with E-state index in [1.54, 1.807) is 29.2 Å². The molecule has 0 saturated carbocycles. The average molecular weight is 422 g/mol. The first-order valence-corrected chi connectivity index (χ1v) is 10.7. The minimum Gasteiger partial charge on any atom is -0.467 e. The molecule has 0 spiro atoms. The predicted octanol–water partition coefficient (Wildman–Crippen LogP) is 3.40. The highest BCUT2D eigenvalue weighted by molar-refractivity contribution is 7.98. The van der Waals surface area contributed by atoms with E-state index in [-0.39, 0.29) is 17.7 Å². The molecule has 0 aliphatic carbocycles. The summed E-state index contributed by atoms with van der Waals surface area (Å²) in [5.41, 5.74) is 1.04. The van der Waals surface area contributed by atoms with Gasteiger partial charge in [-0.2, -0.15) is 0 Å². The molecule has 0 aliphatic heterocycles. The second-order valence-electron chi connectivity index (χ2n) is 6.31. The number of rotatable bonds is 5. The first-order valence-electron chi connectivity index (χ1n) is 8.79. The van der Waals surface area contributed by atoms with Crippen LogP contribution in [0.15, 0.2) is 79.5 Å². The number of thioether (sulfide) groups is 1. The first kappa shape index (κ1) is 17.9. The molecule has 7 nitrogen and oxygen atoms in total. The van der Waals surface area contributed by atoms with E-state index >= 15 is 0 Å². The van der Waals surface area contributed by atoms with Crippen molar-refractivity contribution in [2.24, 2.45) is 0 Å². The minimum atomic E-state index is -0.128. The van der Waals surface area contributed by atoms with E-state index in [1.807, 2.05) is 29.6 Å². The Morgan fingerprint density at radius 3 is 2.86 bits per heavy atom. The molecule has 144 valence electrons. The van der Waals surface area contributed by atoms with Crippen molar-refractivity contribution >= 4 is 39.0 Å². The fourth-order valence-corrected chi connectivity index (χ4v) is 4.69. The summed E-state index contributed by atoms with van der Waals surface area (Å²) >= 11 is 2.78. The Balaban J connectivity index is 1.55. The van der Waals surface area contributed by atoms with Gasteiger partial charge < -0.3 is 4.42 Å². The summed E-state index contributed by atoms with van der Waals surface area (Å²) in [5.74, 6) is 1.09. The Morgan fingerprint density at radius 1 is 1.10 bits per heavy atom. The highest BCUT2D eigenvalue weighted by atomic mass is 32.2. The summed E-state index contributed by atoms with van der Waals surface area (Å²) in [6.07, 6.45) is 3.29. The lowest BCUT2D eigenvalue weighted by Crippen LogP contribution is -2.24. The molecule has 0 amide bonds. The third kappa shape index (κ3) is 3.39. The molecule has 29 heavy (non-hydrogen) atoms. The quantitative estimate of drug-likeness (QED) is 0.319. The topological polar surface area (TPSA) is 82.4 Å². The minimum absolute atomic E-state index is 0.119. The molecule has 0 fully saturated rings. The summed E-state index contributed by atoms with van der Waals surface area (Å²) in [5, 5.41) is 2.94. The Labute approximate surface area is 172 Å². The number of thiazole rings is 1. The van der Waals surface area contributed by atoms with Gasteiger partial charge in [0.15, 0.2) is 10.1 Å². The number of aromatic nitrogens is 4. The third-order valence-corrected chi connectivity index (χ3v) is 6.19. The summed E-state index contributed by atoms with van der Waals surface area (Å²) in [7, 11) is 0. The lowest BCUT2D eigenvalue weighted by atomic mass is 10.2. The van der Waals surface area contributed by atoms with E-state index in [4.69, 9.17) is 4.42 Å². The Hall–Kier alpha value is -3.17. The lowest BCUT2D eigenvalue weighted by molar-refractivity contribution is 0.476. The van der Waals surface area contributed by atoms with Crippen molar-refractivity contribution in [1.82, 2.24) is 18.9 Å². The molecule has 9 heteroatoms. The largest absolute Gasteiger partial charge is 0.467 e. The third-order valence-electron chi connectivity index (χ3n) is 4.43. The van der Waals surface area contributed by atoms with Gasteiger partial charge in [-0.3, -0.25) is 18.6 Å². The van der Waals surface area contributed by atoms with Gasteiger partial charge in [0.25, 0.3) is 11.1 Å². The number of para-hydroxylation sites is 1. The van der Waals surface area contributed by atoms with Crippen molar-refractivity contribution in [1.29, 1.82) is 0 Å². The zero-order valence-electron chi connectivity index (χ0n) is 15.0. The van der Waals surface area contributed by atoms with Gasteiger partial charge in [-0.05, 0) is 24.3 Å². The van der Waals surface area contributed by atoms with Crippen molar-refractivity contribution in [3.05, 3.63) is 92.5 Å². The summed E-state index contributed by atoms with van der Waals surface area (Å²) in [4.78, 5) is 35.2. The first-order chi connectivity index (χ1) is 14.2. The summed E-state index contributed by atoms with van der Waals surface area (Å²) in [6.45, 7) is 0.284. The van der Waals surface area contributed by atoms with E-state index < -0.39 is 0 Å². The molecule has 4 heterocycles. The second kappa shape index (κ2) is 7.34. The van der Waals surface area contributed by atoms with Gasteiger partial charge in [-0.15, -0.1) is 11.3 Å². The van der Waals surface area contributed by atoms with Crippen LogP contribution in [0.4, 0.5) is 0 Å².